The molecule has 1 aromatic carbocycles. The number of aromatic nitrogens is 1. The molecule has 0 aliphatic carbocycles. The molecule has 0 fully saturated rings. The number of hydrogen-bond donors (Lipinski definition) is 3. The molecule has 5 N–H and O–H groups in total. The first-order valence-corrected chi connectivity index (χ1v) is 8.77. The number of rotatable bonds is 3. The molecule has 1 heterocycles. The fraction of sp³-hybridized carbons (Fsp3) is 0.0833. The van der Waals surface area contributed by atoms with Crippen molar-refractivity contribution in [3.8, 4) is 5.75 Å². The van der Waals surface area contributed by atoms with E-state index in [4.69, 9.17) is 26.5 Å². The van der Waals surface area contributed by atoms with Gasteiger partial charge in [-0.25, -0.2) is 4.98 Å². The van der Waals surface area contributed by atoms with Crippen LogP contribution in [0.5, 0.6) is 5.75 Å². The summed E-state index contributed by atoms with van der Waals surface area (Å²) in [6.07, 6.45) is 1.77. The van der Waals surface area contributed by atoms with Gasteiger partial charge < -0.3 is 4.74 Å². The number of nitrogen functional groups attached to an aromatic ring is 1. The molecule has 0 bridgehead atoms. The van der Waals surface area contributed by atoms with Crippen molar-refractivity contribution < 1.29 is 25.7 Å². The van der Waals surface area contributed by atoms with E-state index in [9.17, 15) is 0 Å². The molecule has 108 valence electrons. The summed E-state index contributed by atoms with van der Waals surface area (Å²) in [6.45, 7) is 0.531. The van der Waals surface area contributed by atoms with Gasteiger partial charge >= 0.3 is 36.4 Å². The molecular weight excluding hydrogens is 327 g/mol. The van der Waals surface area contributed by atoms with Crippen molar-refractivity contribution in [2.75, 3.05) is 5.73 Å². The van der Waals surface area contributed by atoms with Crippen LogP contribution < -0.4 is 19.6 Å². The average Bonchev–Trinajstić information content (AvgIpc) is 2.37. The number of aromatic amines is 1. The van der Waals surface area contributed by atoms with Gasteiger partial charge in [-0.3, -0.25) is 5.73 Å². The predicted molar refractivity (Wildman–Crippen MR) is 69.1 cm³/mol. The van der Waals surface area contributed by atoms with Crippen molar-refractivity contribution in [1.82, 2.24) is 0 Å². The number of anilines is 1. The number of benzene rings is 1. The van der Waals surface area contributed by atoms with Crippen LogP contribution in [0.3, 0.4) is 0 Å². The second-order valence-electron chi connectivity index (χ2n) is 3.71. The Balaban J connectivity index is 0.000000347. The second-order valence-corrected chi connectivity index (χ2v) is 5.77. The molecule has 8 heteroatoms. The van der Waals surface area contributed by atoms with Crippen LogP contribution in [0.1, 0.15) is 5.56 Å². The number of ether oxygens (including phenoxy) is 1. The number of H-pyrrole nitrogens is 1. The van der Waals surface area contributed by atoms with Gasteiger partial charge in [-0.1, -0.05) is 30.3 Å². The van der Waals surface area contributed by atoms with Crippen LogP contribution in [0.4, 0.5) is 5.82 Å². The topological polar surface area (TPSA) is 130 Å². The van der Waals surface area contributed by atoms with E-state index in [0.29, 0.717) is 18.2 Å². The summed E-state index contributed by atoms with van der Waals surface area (Å²) in [4.78, 5) is 2.89. The summed E-state index contributed by atoms with van der Waals surface area (Å²) in [5.74, 6) is 1.23. The molecule has 0 aliphatic heterocycles. The molecule has 2 aromatic rings. The van der Waals surface area contributed by atoms with E-state index in [1.165, 1.54) is 0 Å². The zero-order chi connectivity index (χ0) is 15.0. The Morgan fingerprint density at radius 2 is 1.80 bits per heavy atom. The van der Waals surface area contributed by atoms with Gasteiger partial charge in [-0.2, -0.15) is 0 Å². The summed E-state index contributed by atoms with van der Waals surface area (Å²) >= 11 is -5.38. The Kier molecular flexibility index (Phi) is 6.27. The SMILES string of the molecule is Nc1[nH+]cccc1OCc1ccccc1.O=[As]([O-])(O)O. The molecule has 0 atom stereocenters. The third-order valence-corrected chi connectivity index (χ3v) is 2.09. The Bertz CT molecular complexity index is 565. The van der Waals surface area contributed by atoms with Gasteiger partial charge in [0, 0.05) is 0 Å². The summed E-state index contributed by atoms with van der Waals surface area (Å²) in [6, 6.07) is 13.7. The van der Waals surface area contributed by atoms with Gasteiger partial charge in [-0.05, 0) is 17.7 Å². The van der Waals surface area contributed by atoms with E-state index in [-0.39, 0.29) is 0 Å². The summed E-state index contributed by atoms with van der Waals surface area (Å²) in [5.41, 5.74) is 6.83. The van der Waals surface area contributed by atoms with Crippen molar-refractivity contribution in [3.63, 3.8) is 0 Å². The van der Waals surface area contributed by atoms with Gasteiger partial charge in [0.05, 0.1) is 6.20 Å². The molecule has 20 heavy (non-hydrogen) atoms. The first-order chi connectivity index (χ1) is 9.36. The van der Waals surface area contributed by atoms with Crippen molar-refractivity contribution in [1.29, 1.82) is 0 Å². The fourth-order valence-electron chi connectivity index (χ4n) is 1.30. The van der Waals surface area contributed by atoms with E-state index in [1.807, 2.05) is 42.5 Å². The van der Waals surface area contributed by atoms with E-state index >= 15 is 0 Å². The third kappa shape index (κ3) is 7.60. The monoisotopic (exact) mass is 342 g/mol. The molecule has 0 saturated heterocycles. The quantitative estimate of drug-likeness (QED) is 0.605. The molecule has 0 amide bonds. The summed E-state index contributed by atoms with van der Waals surface area (Å²) in [7, 11) is 0. The fourth-order valence-corrected chi connectivity index (χ4v) is 1.30. The van der Waals surface area contributed by atoms with Gasteiger partial charge in [0.15, 0.2) is 0 Å². The van der Waals surface area contributed by atoms with Gasteiger partial charge in [0.25, 0.3) is 0 Å². The van der Waals surface area contributed by atoms with E-state index < -0.39 is 14.5 Å². The van der Waals surface area contributed by atoms with Crippen molar-refractivity contribution >= 4 is 20.3 Å². The van der Waals surface area contributed by atoms with Crippen molar-refractivity contribution in [2.45, 2.75) is 6.61 Å². The third-order valence-electron chi connectivity index (χ3n) is 2.09. The first-order valence-electron chi connectivity index (χ1n) is 5.55. The molecule has 1 aromatic heterocycles. The van der Waals surface area contributed by atoms with E-state index in [0.717, 1.165) is 5.56 Å². The maximum atomic E-state index is 8.83. The molecule has 2 rings (SSSR count). The molecule has 0 saturated carbocycles. The standard InChI is InChI=1S/C12H12N2O.AsH3O4/c13-12-11(7-4-8-14-12)15-9-10-5-2-1-3-6-10;2-1(3,4)5/h1-8H,9H2,(H2,13,14);(H3,2,3,4,5). The van der Waals surface area contributed by atoms with Crippen LogP contribution in [-0.2, 0) is 10.3 Å². The second kappa shape index (κ2) is 7.71. The molecule has 0 radical (unpaired) electrons. The molecular formula is C12H15AsN2O5. The van der Waals surface area contributed by atoms with Crippen molar-refractivity contribution in [2.24, 2.45) is 0 Å². The maximum absolute atomic E-state index is 8.83. The van der Waals surface area contributed by atoms with Crippen LogP contribution in [0, 0.1) is 0 Å². The molecule has 0 unspecified atom stereocenters. The molecule has 7 nitrogen and oxygen atoms in total. The Labute approximate surface area is 119 Å². The Morgan fingerprint density at radius 3 is 2.35 bits per heavy atom. The van der Waals surface area contributed by atoms with E-state index in [2.05, 4.69) is 4.98 Å². The van der Waals surface area contributed by atoms with Gasteiger partial charge in [0.2, 0.25) is 5.75 Å². The normalized spacial score (nSPS) is 10.3. The average molecular weight is 342 g/mol. The van der Waals surface area contributed by atoms with Gasteiger partial charge in [-0.15, -0.1) is 0 Å². The van der Waals surface area contributed by atoms with E-state index in [1.54, 1.807) is 6.20 Å². The zero-order valence-electron chi connectivity index (χ0n) is 10.5. The van der Waals surface area contributed by atoms with Crippen LogP contribution in [0.2, 0.25) is 0 Å². The van der Waals surface area contributed by atoms with Crippen LogP contribution >= 0.6 is 0 Å². The number of nitrogens with one attached hydrogen (secondary N) is 1. The number of hydrogen-bond acceptors (Lipinski definition) is 4. The number of pyridine rings is 1. The zero-order valence-corrected chi connectivity index (χ0v) is 12.3. The van der Waals surface area contributed by atoms with Crippen LogP contribution in [0.15, 0.2) is 48.7 Å². The molecule has 0 aliphatic rings. The number of nitrogens with two attached hydrogens (primary N) is 1. The minimum absolute atomic E-state index is 0.531. The van der Waals surface area contributed by atoms with Crippen LogP contribution in [0.25, 0.3) is 0 Å². The summed E-state index contributed by atoms with van der Waals surface area (Å²) in [5, 5.41) is 0. The Morgan fingerprint density at radius 1 is 1.20 bits per heavy atom. The molecule has 0 spiro atoms. The Hall–Kier alpha value is -1.79. The van der Waals surface area contributed by atoms with Crippen LogP contribution in [-0.4, -0.2) is 22.7 Å². The first kappa shape index (κ1) is 16.3. The predicted octanol–water partition coefficient (Wildman–Crippen LogP) is -1.14. The minimum atomic E-state index is -5.38. The van der Waals surface area contributed by atoms with Gasteiger partial charge in [0.1, 0.15) is 6.61 Å². The van der Waals surface area contributed by atoms with Crippen molar-refractivity contribution in [3.05, 3.63) is 54.2 Å². The summed E-state index contributed by atoms with van der Waals surface area (Å²) < 4.78 is 37.5.